The van der Waals surface area contributed by atoms with Crippen LogP contribution < -0.4 is 5.73 Å². The summed E-state index contributed by atoms with van der Waals surface area (Å²) in [6.45, 7) is 4.66. The average Bonchev–Trinajstić information content (AvgIpc) is 2.78. The highest BCUT2D eigenvalue weighted by Crippen LogP contribution is 2.30. The number of thioether (sulfide) groups is 1. The highest BCUT2D eigenvalue weighted by molar-refractivity contribution is 7.99. The Balaban J connectivity index is 2.02. The first-order chi connectivity index (χ1) is 8.92. The van der Waals surface area contributed by atoms with E-state index in [1.54, 1.807) is 0 Å². The number of hydrogen-bond acceptors (Lipinski definition) is 5. The lowest BCUT2D eigenvalue weighted by atomic mass is 10.1. The SMILES string of the molecule is CC(C)(SCc1nnc2n1CCCC2)[C@@H](N)C(=O)O. The van der Waals surface area contributed by atoms with Gasteiger partial charge >= 0.3 is 5.97 Å². The van der Waals surface area contributed by atoms with Gasteiger partial charge in [0.15, 0.2) is 0 Å². The summed E-state index contributed by atoms with van der Waals surface area (Å²) in [4.78, 5) is 11.0. The van der Waals surface area contributed by atoms with Gasteiger partial charge in [-0.05, 0) is 26.7 Å². The topological polar surface area (TPSA) is 94.0 Å². The maximum atomic E-state index is 11.0. The quantitative estimate of drug-likeness (QED) is 0.839. The number of aliphatic carboxylic acids is 1. The molecule has 2 heterocycles. The van der Waals surface area contributed by atoms with Gasteiger partial charge in [0, 0.05) is 17.7 Å². The van der Waals surface area contributed by atoms with Crippen LogP contribution in [0.5, 0.6) is 0 Å². The van der Waals surface area contributed by atoms with Crippen molar-refractivity contribution in [3.8, 4) is 0 Å². The summed E-state index contributed by atoms with van der Waals surface area (Å²) in [6, 6.07) is -0.888. The highest BCUT2D eigenvalue weighted by atomic mass is 32.2. The third kappa shape index (κ3) is 3.09. The molecule has 1 atom stereocenters. The Hall–Kier alpha value is -1.08. The second kappa shape index (κ2) is 5.50. The van der Waals surface area contributed by atoms with Gasteiger partial charge in [-0.3, -0.25) is 4.79 Å². The number of carbonyl (C=O) groups is 1. The molecule has 0 saturated carbocycles. The molecule has 0 aliphatic carbocycles. The fourth-order valence-electron chi connectivity index (χ4n) is 2.11. The monoisotopic (exact) mass is 284 g/mol. The minimum atomic E-state index is -0.972. The van der Waals surface area contributed by atoms with Crippen molar-refractivity contribution in [3.63, 3.8) is 0 Å². The van der Waals surface area contributed by atoms with E-state index in [2.05, 4.69) is 14.8 Å². The van der Waals surface area contributed by atoms with Crippen LogP contribution in [0.1, 0.15) is 38.3 Å². The molecule has 0 saturated heterocycles. The Morgan fingerprint density at radius 2 is 2.26 bits per heavy atom. The zero-order valence-corrected chi connectivity index (χ0v) is 12.1. The van der Waals surface area contributed by atoms with E-state index in [0.29, 0.717) is 5.75 Å². The van der Waals surface area contributed by atoms with E-state index in [4.69, 9.17) is 10.8 Å². The van der Waals surface area contributed by atoms with Gasteiger partial charge in [-0.2, -0.15) is 0 Å². The van der Waals surface area contributed by atoms with E-state index in [1.165, 1.54) is 18.2 Å². The van der Waals surface area contributed by atoms with Gasteiger partial charge < -0.3 is 15.4 Å². The summed E-state index contributed by atoms with van der Waals surface area (Å²) in [5.74, 6) is 1.63. The Kier molecular flexibility index (Phi) is 4.15. The van der Waals surface area contributed by atoms with Crippen LogP contribution in [0.2, 0.25) is 0 Å². The molecule has 1 aliphatic heterocycles. The van der Waals surface area contributed by atoms with Crippen molar-refractivity contribution < 1.29 is 9.90 Å². The lowest BCUT2D eigenvalue weighted by Gasteiger charge is -2.28. The molecule has 7 heteroatoms. The standard InChI is InChI=1S/C12H20N4O2S/c1-12(2,10(13)11(17)18)19-7-9-15-14-8-5-3-4-6-16(8)9/h10H,3-7,13H2,1-2H3,(H,17,18)/t10-/m0/s1. The van der Waals surface area contributed by atoms with Crippen LogP contribution in [0.4, 0.5) is 0 Å². The van der Waals surface area contributed by atoms with E-state index < -0.39 is 16.8 Å². The third-order valence-corrected chi connectivity index (χ3v) is 4.92. The molecule has 106 valence electrons. The maximum Gasteiger partial charge on any atom is 0.321 e. The van der Waals surface area contributed by atoms with Gasteiger partial charge in [0.05, 0.1) is 5.75 Å². The molecule has 0 amide bonds. The molecule has 0 radical (unpaired) electrons. The molecular formula is C12H20N4O2S. The lowest BCUT2D eigenvalue weighted by molar-refractivity contribution is -0.139. The van der Waals surface area contributed by atoms with E-state index in [-0.39, 0.29) is 0 Å². The maximum absolute atomic E-state index is 11.0. The number of carboxylic acids is 1. The van der Waals surface area contributed by atoms with Crippen LogP contribution in [-0.4, -0.2) is 36.6 Å². The molecule has 2 rings (SSSR count). The fraction of sp³-hybridized carbons (Fsp3) is 0.750. The molecule has 0 spiro atoms. The molecule has 3 N–H and O–H groups in total. The first kappa shape index (κ1) is 14.3. The normalized spacial score (nSPS) is 17.0. The van der Waals surface area contributed by atoms with Gasteiger partial charge in [-0.25, -0.2) is 0 Å². The second-order valence-electron chi connectivity index (χ2n) is 5.35. The smallest absolute Gasteiger partial charge is 0.321 e. The van der Waals surface area contributed by atoms with Gasteiger partial charge in [0.1, 0.15) is 17.7 Å². The van der Waals surface area contributed by atoms with Gasteiger partial charge in [-0.1, -0.05) is 0 Å². The lowest BCUT2D eigenvalue weighted by Crippen LogP contribution is -2.46. The number of aromatic nitrogens is 3. The Morgan fingerprint density at radius 3 is 2.95 bits per heavy atom. The first-order valence-electron chi connectivity index (χ1n) is 6.45. The molecule has 1 aromatic rings. The van der Waals surface area contributed by atoms with Crippen LogP contribution in [-0.2, 0) is 23.5 Å². The van der Waals surface area contributed by atoms with E-state index >= 15 is 0 Å². The fourth-order valence-corrected chi connectivity index (χ4v) is 3.11. The van der Waals surface area contributed by atoms with E-state index in [0.717, 1.165) is 31.0 Å². The summed E-state index contributed by atoms with van der Waals surface area (Å²) in [6.07, 6.45) is 3.30. The number of carboxylic acid groups (broad SMARTS) is 1. The molecule has 19 heavy (non-hydrogen) atoms. The van der Waals surface area contributed by atoms with Crippen molar-refractivity contribution in [3.05, 3.63) is 11.6 Å². The van der Waals surface area contributed by atoms with Crippen molar-refractivity contribution in [2.24, 2.45) is 5.73 Å². The van der Waals surface area contributed by atoms with E-state index in [9.17, 15) is 4.79 Å². The minimum absolute atomic E-state index is 0.535. The Labute approximate surface area is 116 Å². The Bertz CT molecular complexity index is 472. The minimum Gasteiger partial charge on any atom is -0.480 e. The van der Waals surface area contributed by atoms with Gasteiger partial charge in [0.25, 0.3) is 0 Å². The van der Waals surface area contributed by atoms with Crippen molar-refractivity contribution in [1.82, 2.24) is 14.8 Å². The predicted octanol–water partition coefficient (Wildman–Crippen LogP) is 1.04. The number of nitrogens with two attached hydrogens (primary N) is 1. The molecule has 0 aromatic carbocycles. The number of fused-ring (bicyclic) bond motifs is 1. The van der Waals surface area contributed by atoms with Gasteiger partial charge in [0.2, 0.25) is 0 Å². The average molecular weight is 284 g/mol. The van der Waals surface area contributed by atoms with Crippen molar-refractivity contribution in [2.45, 2.75) is 56.2 Å². The van der Waals surface area contributed by atoms with Crippen LogP contribution in [0.25, 0.3) is 0 Å². The number of nitrogens with zero attached hydrogens (tertiary/aromatic N) is 3. The van der Waals surface area contributed by atoms with Crippen LogP contribution in [0.15, 0.2) is 0 Å². The summed E-state index contributed by atoms with van der Waals surface area (Å²) in [5.41, 5.74) is 5.71. The summed E-state index contributed by atoms with van der Waals surface area (Å²) < 4.78 is 1.62. The second-order valence-corrected chi connectivity index (χ2v) is 6.98. The van der Waals surface area contributed by atoms with Crippen LogP contribution >= 0.6 is 11.8 Å². The zero-order valence-electron chi connectivity index (χ0n) is 11.3. The zero-order chi connectivity index (χ0) is 14.0. The predicted molar refractivity (Wildman–Crippen MR) is 73.9 cm³/mol. The molecule has 0 unspecified atom stereocenters. The van der Waals surface area contributed by atoms with Crippen molar-refractivity contribution in [2.75, 3.05) is 0 Å². The molecular weight excluding hydrogens is 264 g/mol. The molecule has 1 aliphatic rings. The van der Waals surface area contributed by atoms with Crippen molar-refractivity contribution >= 4 is 17.7 Å². The van der Waals surface area contributed by atoms with E-state index in [1.807, 2.05) is 13.8 Å². The first-order valence-corrected chi connectivity index (χ1v) is 7.43. The molecule has 6 nitrogen and oxygen atoms in total. The summed E-state index contributed by atoms with van der Waals surface area (Å²) in [7, 11) is 0. The van der Waals surface area contributed by atoms with Crippen LogP contribution in [0, 0.1) is 0 Å². The summed E-state index contributed by atoms with van der Waals surface area (Å²) >= 11 is 1.52. The largest absolute Gasteiger partial charge is 0.480 e. The van der Waals surface area contributed by atoms with Crippen molar-refractivity contribution in [1.29, 1.82) is 0 Å². The molecule has 1 aromatic heterocycles. The molecule has 0 fully saturated rings. The number of hydrogen-bond donors (Lipinski definition) is 2. The van der Waals surface area contributed by atoms with Gasteiger partial charge in [-0.15, -0.1) is 22.0 Å². The third-order valence-electron chi connectivity index (χ3n) is 3.52. The van der Waals surface area contributed by atoms with Crippen LogP contribution in [0.3, 0.4) is 0 Å². The number of rotatable bonds is 5. The molecule has 0 bridgehead atoms. The number of aryl methyl sites for hydroxylation is 1. The Morgan fingerprint density at radius 1 is 1.53 bits per heavy atom. The highest BCUT2D eigenvalue weighted by Gasteiger charge is 2.33. The summed E-state index contributed by atoms with van der Waals surface area (Å²) in [5, 5.41) is 17.4.